The minimum absolute atomic E-state index is 0.183. The maximum Gasteiger partial charge on any atom is 0.271 e. The first-order valence-corrected chi connectivity index (χ1v) is 15.0. The highest BCUT2D eigenvalue weighted by molar-refractivity contribution is 9.10. The Morgan fingerprint density at radius 2 is 1.58 bits per heavy atom. The number of nitrogens with one attached hydrogen (secondary N) is 3. The standard InChI is InChI=1S/C33H28BrN5O3S/c1-21-3-12-27(13-4-21)36-31(40)19-42-30-16-11-26(34)17-25(30)18-35-39-32(41)24-9-7-23(8-10-24)29-20-43-33(38-29)37-28-14-5-22(2)6-15-28/h3-18,20H,19H2,1-2H3,(H,36,40)(H,37,38)(H,39,41)/b35-18+. The van der Waals surface area contributed by atoms with Gasteiger partial charge in [0.15, 0.2) is 11.7 Å². The molecule has 0 aliphatic carbocycles. The van der Waals surface area contributed by atoms with Gasteiger partial charge in [0.05, 0.1) is 11.9 Å². The van der Waals surface area contributed by atoms with Crippen LogP contribution in [-0.4, -0.2) is 29.6 Å². The van der Waals surface area contributed by atoms with Crippen LogP contribution in [-0.2, 0) is 4.79 Å². The molecule has 0 saturated carbocycles. The zero-order valence-electron chi connectivity index (χ0n) is 23.4. The lowest BCUT2D eigenvalue weighted by molar-refractivity contribution is -0.118. The number of aryl methyl sites for hydroxylation is 2. The van der Waals surface area contributed by atoms with Gasteiger partial charge in [0, 0.05) is 37.9 Å². The van der Waals surface area contributed by atoms with Crippen molar-refractivity contribution in [3.8, 4) is 17.0 Å². The second-order valence-electron chi connectivity index (χ2n) is 9.69. The monoisotopic (exact) mass is 653 g/mol. The van der Waals surface area contributed by atoms with Crippen molar-refractivity contribution in [1.29, 1.82) is 0 Å². The van der Waals surface area contributed by atoms with Crippen molar-refractivity contribution < 1.29 is 14.3 Å². The third kappa shape index (κ3) is 8.37. The summed E-state index contributed by atoms with van der Waals surface area (Å²) in [4.78, 5) is 29.8. The van der Waals surface area contributed by atoms with E-state index >= 15 is 0 Å². The van der Waals surface area contributed by atoms with Crippen molar-refractivity contribution in [3.05, 3.63) is 123 Å². The Hall–Kier alpha value is -4.80. The third-order valence-electron chi connectivity index (χ3n) is 6.29. The molecule has 0 spiro atoms. The van der Waals surface area contributed by atoms with E-state index in [9.17, 15) is 9.59 Å². The van der Waals surface area contributed by atoms with Crippen LogP contribution in [0.25, 0.3) is 11.3 Å². The van der Waals surface area contributed by atoms with Crippen molar-refractivity contribution in [3.63, 3.8) is 0 Å². The molecule has 0 saturated heterocycles. The Morgan fingerprint density at radius 3 is 2.28 bits per heavy atom. The summed E-state index contributed by atoms with van der Waals surface area (Å²) >= 11 is 4.95. The van der Waals surface area contributed by atoms with Crippen LogP contribution in [0, 0.1) is 13.8 Å². The van der Waals surface area contributed by atoms with E-state index in [1.807, 2.05) is 79.9 Å². The van der Waals surface area contributed by atoms with Gasteiger partial charge in [-0.2, -0.15) is 5.10 Å². The lowest BCUT2D eigenvalue weighted by Crippen LogP contribution is -2.20. The molecule has 0 radical (unpaired) electrons. The van der Waals surface area contributed by atoms with E-state index in [0.717, 1.165) is 32.1 Å². The highest BCUT2D eigenvalue weighted by atomic mass is 79.9. The van der Waals surface area contributed by atoms with Crippen molar-refractivity contribution in [2.75, 3.05) is 17.2 Å². The molecule has 5 aromatic rings. The van der Waals surface area contributed by atoms with E-state index in [-0.39, 0.29) is 18.4 Å². The Labute approximate surface area is 262 Å². The van der Waals surface area contributed by atoms with Crippen molar-refractivity contribution in [1.82, 2.24) is 10.4 Å². The van der Waals surface area contributed by atoms with Crippen LogP contribution >= 0.6 is 27.3 Å². The molecule has 0 atom stereocenters. The first kappa shape index (κ1) is 29.7. The average Bonchev–Trinajstić information content (AvgIpc) is 3.47. The topological polar surface area (TPSA) is 105 Å². The fourth-order valence-electron chi connectivity index (χ4n) is 3.97. The van der Waals surface area contributed by atoms with Crippen LogP contribution in [0.3, 0.4) is 0 Å². The number of hydrogen-bond acceptors (Lipinski definition) is 7. The molecule has 2 amide bonds. The van der Waals surface area contributed by atoms with E-state index in [2.05, 4.69) is 42.1 Å². The van der Waals surface area contributed by atoms with E-state index in [4.69, 9.17) is 4.74 Å². The number of carbonyl (C=O) groups excluding carboxylic acids is 2. The summed E-state index contributed by atoms with van der Waals surface area (Å²) in [6.45, 7) is 3.85. The van der Waals surface area contributed by atoms with E-state index in [0.29, 0.717) is 22.6 Å². The normalized spacial score (nSPS) is 10.9. The van der Waals surface area contributed by atoms with Gasteiger partial charge in [-0.3, -0.25) is 9.59 Å². The molecule has 0 unspecified atom stereocenters. The van der Waals surface area contributed by atoms with Gasteiger partial charge in [-0.05, 0) is 68.4 Å². The predicted octanol–water partition coefficient (Wildman–Crippen LogP) is 7.71. The maximum atomic E-state index is 12.7. The maximum absolute atomic E-state index is 12.7. The zero-order chi connectivity index (χ0) is 30.2. The summed E-state index contributed by atoms with van der Waals surface area (Å²) < 4.78 is 6.54. The van der Waals surface area contributed by atoms with Crippen LogP contribution < -0.4 is 20.8 Å². The predicted molar refractivity (Wildman–Crippen MR) is 177 cm³/mol. The molecule has 4 aromatic carbocycles. The van der Waals surface area contributed by atoms with Crippen LogP contribution in [0.4, 0.5) is 16.5 Å². The molecule has 0 aliphatic rings. The Kier molecular flexibility index (Phi) is 9.60. The molecular weight excluding hydrogens is 626 g/mol. The van der Waals surface area contributed by atoms with Crippen LogP contribution in [0.15, 0.2) is 106 Å². The van der Waals surface area contributed by atoms with Gasteiger partial charge in [-0.15, -0.1) is 11.3 Å². The third-order valence-corrected chi connectivity index (χ3v) is 7.54. The quantitative estimate of drug-likeness (QED) is 0.106. The highest BCUT2D eigenvalue weighted by Crippen LogP contribution is 2.27. The molecule has 10 heteroatoms. The number of ether oxygens (including phenoxy) is 1. The fourth-order valence-corrected chi connectivity index (χ4v) is 5.09. The minimum Gasteiger partial charge on any atom is -0.483 e. The van der Waals surface area contributed by atoms with Gasteiger partial charge in [0.2, 0.25) is 0 Å². The Bertz CT molecular complexity index is 1750. The molecule has 8 nitrogen and oxygen atoms in total. The molecule has 1 aromatic heterocycles. The van der Waals surface area contributed by atoms with Gasteiger partial charge < -0.3 is 15.4 Å². The van der Waals surface area contributed by atoms with Crippen LogP contribution in [0.2, 0.25) is 0 Å². The first-order valence-electron chi connectivity index (χ1n) is 13.3. The minimum atomic E-state index is -0.363. The highest BCUT2D eigenvalue weighted by Gasteiger charge is 2.10. The molecule has 3 N–H and O–H groups in total. The smallest absolute Gasteiger partial charge is 0.271 e. The number of nitrogens with zero attached hydrogens (tertiary/aromatic N) is 2. The molecule has 0 bridgehead atoms. The average molecular weight is 655 g/mol. The second-order valence-corrected chi connectivity index (χ2v) is 11.5. The van der Waals surface area contributed by atoms with Crippen molar-refractivity contribution in [2.45, 2.75) is 13.8 Å². The zero-order valence-corrected chi connectivity index (χ0v) is 25.8. The number of hydrogen-bond donors (Lipinski definition) is 3. The van der Waals surface area contributed by atoms with E-state index < -0.39 is 0 Å². The fraction of sp³-hybridized carbons (Fsp3) is 0.0909. The number of amides is 2. The van der Waals surface area contributed by atoms with Gasteiger partial charge in [0.25, 0.3) is 11.8 Å². The summed E-state index contributed by atoms with van der Waals surface area (Å²) in [7, 11) is 0. The Balaban J connectivity index is 1.16. The van der Waals surface area contributed by atoms with Gasteiger partial charge in [-0.1, -0.05) is 63.5 Å². The summed E-state index contributed by atoms with van der Waals surface area (Å²) in [5.41, 5.74) is 9.28. The number of benzene rings is 4. The summed E-state index contributed by atoms with van der Waals surface area (Å²) in [5.74, 6) is -0.204. The number of hydrazone groups is 1. The molecule has 0 fully saturated rings. The van der Waals surface area contributed by atoms with Gasteiger partial charge >= 0.3 is 0 Å². The first-order chi connectivity index (χ1) is 20.8. The number of rotatable bonds is 10. The number of halogens is 1. The van der Waals surface area contributed by atoms with Crippen LogP contribution in [0.5, 0.6) is 5.75 Å². The number of anilines is 3. The summed E-state index contributed by atoms with van der Waals surface area (Å²) in [5, 5.41) is 13.0. The molecular formula is C33H28BrN5O3S. The van der Waals surface area contributed by atoms with Crippen LogP contribution in [0.1, 0.15) is 27.0 Å². The van der Waals surface area contributed by atoms with Crippen molar-refractivity contribution >= 4 is 61.8 Å². The number of aromatic nitrogens is 1. The summed E-state index contributed by atoms with van der Waals surface area (Å²) in [6, 6.07) is 28.1. The van der Waals surface area contributed by atoms with Crippen molar-refractivity contribution in [2.24, 2.45) is 5.10 Å². The SMILES string of the molecule is Cc1ccc(NC(=O)COc2ccc(Br)cc2/C=N/NC(=O)c2ccc(-c3csc(Nc4ccc(C)cc4)n3)cc2)cc1. The molecule has 1 heterocycles. The molecule has 5 rings (SSSR count). The van der Waals surface area contributed by atoms with E-state index in [1.54, 1.807) is 30.3 Å². The second kappa shape index (κ2) is 13.9. The number of thiazole rings is 1. The Morgan fingerprint density at radius 1 is 0.907 bits per heavy atom. The largest absolute Gasteiger partial charge is 0.483 e. The summed E-state index contributed by atoms with van der Waals surface area (Å²) in [6.07, 6.45) is 1.47. The molecule has 216 valence electrons. The van der Waals surface area contributed by atoms with E-state index in [1.165, 1.54) is 23.1 Å². The molecule has 0 aliphatic heterocycles. The lowest BCUT2D eigenvalue weighted by Gasteiger charge is -2.10. The number of carbonyl (C=O) groups is 2. The lowest BCUT2D eigenvalue weighted by atomic mass is 10.1. The van der Waals surface area contributed by atoms with Gasteiger partial charge in [-0.25, -0.2) is 10.4 Å². The molecule has 43 heavy (non-hydrogen) atoms. The van der Waals surface area contributed by atoms with Gasteiger partial charge in [0.1, 0.15) is 5.75 Å².